The van der Waals surface area contributed by atoms with E-state index < -0.39 is 0 Å². The minimum Gasteiger partial charge on any atom is -0.356 e. The lowest BCUT2D eigenvalue weighted by molar-refractivity contribution is 1.20. The summed E-state index contributed by atoms with van der Waals surface area (Å²) in [5, 5.41) is 3.27. The molecule has 1 heteroatoms. The quantitative estimate of drug-likeness (QED) is 0.469. The van der Waals surface area contributed by atoms with Crippen molar-refractivity contribution in [3.05, 3.63) is 67.4 Å². The van der Waals surface area contributed by atoms with Gasteiger partial charge in [-0.25, -0.2) is 0 Å². The Morgan fingerprint density at radius 3 is 1.85 bits per heavy atom. The van der Waals surface area contributed by atoms with E-state index in [1.807, 2.05) is 71.0 Å². The molecule has 0 bridgehead atoms. The number of rotatable bonds is 4. The van der Waals surface area contributed by atoms with Crippen LogP contribution in [0.5, 0.6) is 0 Å². The summed E-state index contributed by atoms with van der Waals surface area (Å²) < 4.78 is 0. The summed E-state index contributed by atoms with van der Waals surface area (Å²) in [5.41, 5.74) is 2.16. The lowest BCUT2D eigenvalue weighted by Crippen LogP contribution is -1.95. The Bertz CT molecular complexity index is 323. The third-order valence-electron chi connectivity index (χ3n) is 1.71. The third kappa shape index (κ3) is 16.2. The molecule has 0 unspecified atom stereocenters. The Labute approximate surface area is 127 Å². The molecule has 0 saturated heterocycles. The molecule has 1 N–H and O–H groups in total. The van der Waals surface area contributed by atoms with Gasteiger partial charge in [-0.2, -0.15) is 0 Å². The molecule has 0 amide bonds. The van der Waals surface area contributed by atoms with Gasteiger partial charge < -0.3 is 5.32 Å². The van der Waals surface area contributed by atoms with E-state index in [2.05, 4.69) is 31.5 Å². The highest BCUT2D eigenvalue weighted by atomic mass is 14.9. The molecule has 0 aliphatic carbocycles. The van der Waals surface area contributed by atoms with Crippen molar-refractivity contribution in [2.75, 3.05) is 5.32 Å². The van der Waals surface area contributed by atoms with E-state index in [1.54, 1.807) is 6.08 Å². The van der Waals surface area contributed by atoms with Crippen molar-refractivity contribution < 1.29 is 0 Å². The molecule has 0 heterocycles. The highest BCUT2D eigenvalue weighted by Gasteiger charge is 1.90. The average molecular weight is 275 g/mol. The minimum atomic E-state index is 1.02. The lowest BCUT2D eigenvalue weighted by atomic mass is 10.3. The summed E-state index contributed by atoms with van der Waals surface area (Å²) in [7, 11) is 0. The summed E-state index contributed by atoms with van der Waals surface area (Å²) in [4.78, 5) is 0. The second-order valence-corrected chi connectivity index (χ2v) is 3.17. The van der Waals surface area contributed by atoms with Gasteiger partial charge in [0.25, 0.3) is 0 Å². The van der Waals surface area contributed by atoms with Crippen LogP contribution in [0.3, 0.4) is 0 Å². The van der Waals surface area contributed by atoms with E-state index in [1.165, 1.54) is 0 Å². The van der Waals surface area contributed by atoms with Crippen LogP contribution in [0.4, 0.5) is 5.69 Å². The van der Waals surface area contributed by atoms with Gasteiger partial charge in [0.05, 0.1) is 0 Å². The summed E-state index contributed by atoms with van der Waals surface area (Å²) in [5.74, 6) is 0. The molecule has 0 aliphatic heterocycles. The van der Waals surface area contributed by atoms with Crippen molar-refractivity contribution >= 4 is 5.69 Å². The molecule has 0 saturated carbocycles. The lowest BCUT2D eigenvalue weighted by Gasteiger charge is -2.05. The maximum Gasteiger partial charge on any atom is 0.0384 e. The maximum absolute atomic E-state index is 3.75. The van der Waals surface area contributed by atoms with Gasteiger partial charge in [-0.1, -0.05) is 71.5 Å². The van der Waals surface area contributed by atoms with E-state index in [0.29, 0.717) is 0 Å². The van der Waals surface area contributed by atoms with Crippen LogP contribution in [0.2, 0.25) is 0 Å². The van der Waals surface area contributed by atoms with Crippen molar-refractivity contribution in [3.8, 4) is 0 Å². The van der Waals surface area contributed by atoms with Gasteiger partial charge in [0.1, 0.15) is 0 Å². The van der Waals surface area contributed by atoms with Crippen LogP contribution >= 0.6 is 0 Å². The minimum absolute atomic E-state index is 1.02. The Balaban J connectivity index is -0.000000355. The molecule has 1 nitrogen and oxygen atoms in total. The summed E-state index contributed by atoms with van der Waals surface area (Å²) in [6.45, 7) is 19.1. The van der Waals surface area contributed by atoms with Gasteiger partial charge in [0.15, 0.2) is 0 Å². The molecule has 0 aromatic heterocycles. The number of hydrogen-bond acceptors (Lipinski definition) is 1. The second kappa shape index (κ2) is 22.4. The molecular weight excluding hydrogens is 242 g/mol. The number of hydrogen-bond donors (Lipinski definition) is 1. The van der Waals surface area contributed by atoms with Crippen molar-refractivity contribution in [3.63, 3.8) is 0 Å². The van der Waals surface area contributed by atoms with Crippen LogP contribution in [0.15, 0.2) is 67.4 Å². The third-order valence-corrected chi connectivity index (χ3v) is 1.71. The predicted molar refractivity (Wildman–Crippen MR) is 97.2 cm³/mol. The van der Waals surface area contributed by atoms with E-state index in [9.17, 15) is 0 Å². The zero-order valence-corrected chi connectivity index (χ0v) is 14.2. The zero-order chi connectivity index (χ0) is 16.2. The molecule has 0 atom stereocenters. The SMILES string of the molecule is C=C/C(=C\CC)Nc1ccccc1.C=CC.CC.CC. The fraction of sp³-hybridized carbons (Fsp3) is 0.368. The zero-order valence-electron chi connectivity index (χ0n) is 14.2. The topological polar surface area (TPSA) is 12.0 Å². The Morgan fingerprint density at radius 1 is 1.05 bits per heavy atom. The first-order valence-electron chi connectivity index (χ1n) is 7.50. The van der Waals surface area contributed by atoms with Crippen LogP contribution in [0.1, 0.15) is 48.0 Å². The standard InChI is InChI=1S/C12H15N.C3H6.2C2H6/c1-3-8-11(4-2)13-12-9-6-5-7-10-12;1-3-2;2*1-2/h4-10,13H,2-3H2,1H3;3H,1H2,2H3;2*1-2H3/b11-8+;;;. The summed E-state index contributed by atoms with van der Waals surface area (Å²) in [6.07, 6.45) is 6.71. The van der Waals surface area contributed by atoms with Crippen LogP contribution in [-0.2, 0) is 0 Å². The molecule has 114 valence electrons. The van der Waals surface area contributed by atoms with E-state index >= 15 is 0 Å². The van der Waals surface area contributed by atoms with Crippen molar-refractivity contribution in [1.82, 2.24) is 0 Å². The number of para-hydroxylation sites is 1. The molecule has 1 aromatic carbocycles. The van der Waals surface area contributed by atoms with Gasteiger partial charge in [-0.3, -0.25) is 0 Å². The van der Waals surface area contributed by atoms with Crippen molar-refractivity contribution in [2.45, 2.75) is 48.0 Å². The predicted octanol–water partition coefficient (Wildman–Crippen LogP) is 6.82. The van der Waals surface area contributed by atoms with Gasteiger partial charge in [0.2, 0.25) is 0 Å². The van der Waals surface area contributed by atoms with Crippen LogP contribution in [-0.4, -0.2) is 0 Å². The van der Waals surface area contributed by atoms with Crippen LogP contribution in [0, 0.1) is 0 Å². The molecule has 0 aliphatic rings. The number of anilines is 1. The monoisotopic (exact) mass is 275 g/mol. The first-order valence-corrected chi connectivity index (χ1v) is 7.50. The fourth-order valence-corrected chi connectivity index (χ4v) is 1.09. The summed E-state index contributed by atoms with van der Waals surface area (Å²) >= 11 is 0. The average Bonchev–Trinajstić information content (AvgIpc) is 2.52. The van der Waals surface area contributed by atoms with Gasteiger partial charge in [0, 0.05) is 11.4 Å². The Morgan fingerprint density at radius 2 is 1.50 bits per heavy atom. The van der Waals surface area contributed by atoms with Crippen molar-refractivity contribution in [1.29, 1.82) is 0 Å². The second-order valence-electron chi connectivity index (χ2n) is 3.17. The number of benzene rings is 1. The summed E-state index contributed by atoms with van der Waals surface area (Å²) in [6, 6.07) is 10.1. The number of allylic oxidation sites excluding steroid dienone is 3. The first kappa shape index (κ1) is 23.3. The highest BCUT2D eigenvalue weighted by molar-refractivity contribution is 5.50. The maximum atomic E-state index is 3.75. The van der Waals surface area contributed by atoms with E-state index in [-0.39, 0.29) is 0 Å². The van der Waals surface area contributed by atoms with Crippen LogP contribution in [0.25, 0.3) is 0 Å². The van der Waals surface area contributed by atoms with Gasteiger partial charge >= 0.3 is 0 Å². The van der Waals surface area contributed by atoms with Crippen LogP contribution < -0.4 is 5.32 Å². The Hall–Kier alpha value is -1.76. The van der Waals surface area contributed by atoms with Gasteiger partial charge in [-0.05, 0) is 31.6 Å². The molecule has 1 aromatic rings. The number of nitrogens with one attached hydrogen (secondary N) is 1. The van der Waals surface area contributed by atoms with E-state index in [0.717, 1.165) is 17.8 Å². The smallest absolute Gasteiger partial charge is 0.0384 e. The normalized spacial score (nSPS) is 8.40. The Kier molecular flexibility index (Phi) is 26.2. The fourth-order valence-electron chi connectivity index (χ4n) is 1.09. The molecular formula is C19H33N. The first-order chi connectivity index (χ1) is 9.78. The molecule has 0 fully saturated rings. The van der Waals surface area contributed by atoms with Gasteiger partial charge in [-0.15, -0.1) is 6.58 Å². The highest BCUT2D eigenvalue weighted by Crippen LogP contribution is 2.09. The molecule has 0 spiro atoms. The molecule has 20 heavy (non-hydrogen) atoms. The van der Waals surface area contributed by atoms with Crippen molar-refractivity contribution in [2.24, 2.45) is 0 Å². The van der Waals surface area contributed by atoms with E-state index in [4.69, 9.17) is 0 Å². The largest absolute Gasteiger partial charge is 0.356 e. The molecule has 1 rings (SSSR count). The molecule has 0 radical (unpaired) electrons.